The van der Waals surface area contributed by atoms with Crippen molar-refractivity contribution >= 4 is 11.8 Å². The fourth-order valence-corrected chi connectivity index (χ4v) is 4.62. The maximum absolute atomic E-state index is 10.8. The summed E-state index contributed by atoms with van der Waals surface area (Å²) in [4.78, 5) is 0. The molecule has 0 aromatic rings. The van der Waals surface area contributed by atoms with Gasteiger partial charge < -0.3 is 19.3 Å². The zero-order valence-electron chi connectivity index (χ0n) is 12.2. The molecular weight excluding hydrogens is 264 g/mol. The standard InChI is InChI=1S/C14H26O4S/c1-13(15,12(16-2)17-3)11-4-7-18-14(10-11)5-8-19-9-6-14/h11-12,15H,4-10H2,1-3H3. The highest BCUT2D eigenvalue weighted by molar-refractivity contribution is 7.99. The number of rotatable bonds is 4. The molecule has 19 heavy (non-hydrogen) atoms. The lowest BCUT2D eigenvalue weighted by atomic mass is 9.74. The van der Waals surface area contributed by atoms with Crippen molar-refractivity contribution in [1.29, 1.82) is 0 Å². The number of hydrogen-bond donors (Lipinski definition) is 1. The van der Waals surface area contributed by atoms with Gasteiger partial charge in [0.2, 0.25) is 0 Å². The highest BCUT2D eigenvalue weighted by Gasteiger charge is 2.48. The number of thioether (sulfide) groups is 1. The van der Waals surface area contributed by atoms with Gasteiger partial charge in [-0.1, -0.05) is 0 Å². The van der Waals surface area contributed by atoms with E-state index in [1.807, 2.05) is 18.7 Å². The quantitative estimate of drug-likeness (QED) is 0.803. The second kappa shape index (κ2) is 6.31. The van der Waals surface area contributed by atoms with Gasteiger partial charge in [-0.15, -0.1) is 0 Å². The van der Waals surface area contributed by atoms with Crippen LogP contribution in [0.2, 0.25) is 0 Å². The molecule has 2 fully saturated rings. The lowest BCUT2D eigenvalue weighted by Gasteiger charge is -2.48. The van der Waals surface area contributed by atoms with Crippen LogP contribution in [-0.2, 0) is 14.2 Å². The summed E-state index contributed by atoms with van der Waals surface area (Å²) in [6, 6.07) is 0. The second-order valence-corrected chi connectivity index (χ2v) is 7.09. The van der Waals surface area contributed by atoms with Gasteiger partial charge >= 0.3 is 0 Å². The van der Waals surface area contributed by atoms with Crippen LogP contribution in [0.25, 0.3) is 0 Å². The van der Waals surface area contributed by atoms with E-state index in [-0.39, 0.29) is 11.5 Å². The molecule has 0 aromatic carbocycles. The lowest BCUT2D eigenvalue weighted by molar-refractivity contribution is -0.246. The van der Waals surface area contributed by atoms with Crippen molar-refractivity contribution in [2.45, 2.75) is 50.1 Å². The Bertz CT molecular complexity index is 280. The lowest BCUT2D eigenvalue weighted by Crippen LogP contribution is -2.54. The minimum Gasteiger partial charge on any atom is -0.385 e. The van der Waals surface area contributed by atoms with Gasteiger partial charge in [-0.25, -0.2) is 0 Å². The molecule has 0 aliphatic carbocycles. The van der Waals surface area contributed by atoms with Crippen molar-refractivity contribution in [1.82, 2.24) is 0 Å². The van der Waals surface area contributed by atoms with E-state index in [0.29, 0.717) is 0 Å². The van der Waals surface area contributed by atoms with E-state index in [1.54, 1.807) is 14.2 Å². The van der Waals surface area contributed by atoms with Crippen molar-refractivity contribution in [3.8, 4) is 0 Å². The van der Waals surface area contributed by atoms with Crippen LogP contribution in [0.3, 0.4) is 0 Å². The van der Waals surface area contributed by atoms with Gasteiger partial charge in [0, 0.05) is 20.8 Å². The minimum absolute atomic E-state index is 0.0236. The fraction of sp³-hybridized carbons (Fsp3) is 1.00. The van der Waals surface area contributed by atoms with Gasteiger partial charge in [0.15, 0.2) is 6.29 Å². The van der Waals surface area contributed by atoms with Crippen LogP contribution in [0.15, 0.2) is 0 Å². The first-order chi connectivity index (χ1) is 9.04. The summed E-state index contributed by atoms with van der Waals surface area (Å²) >= 11 is 1.99. The first-order valence-electron chi connectivity index (χ1n) is 7.04. The van der Waals surface area contributed by atoms with E-state index < -0.39 is 11.9 Å². The highest BCUT2D eigenvalue weighted by Crippen LogP contribution is 2.44. The number of ether oxygens (including phenoxy) is 3. The SMILES string of the molecule is COC(OC)C(C)(O)C1CCOC2(CCSCC2)C1. The molecule has 2 aliphatic rings. The van der Waals surface area contributed by atoms with Crippen LogP contribution >= 0.6 is 11.8 Å². The Labute approximate surface area is 120 Å². The van der Waals surface area contributed by atoms with Crippen LogP contribution in [0.5, 0.6) is 0 Å². The molecule has 0 saturated carbocycles. The maximum atomic E-state index is 10.8. The van der Waals surface area contributed by atoms with Crippen LogP contribution in [0.1, 0.15) is 32.6 Å². The van der Waals surface area contributed by atoms with Crippen molar-refractivity contribution < 1.29 is 19.3 Å². The summed E-state index contributed by atoms with van der Waals surface area (Å²) in [6.07, 6.45) is 3.38. The third-order valence-corrected chi connectivity index (χ3v) is 5.61. The van der Waals surface area contributed by atoms with Crippen LogP contribution < -0.4 is 0 Å². The molecule has 4 nitrogen and oxygen atoms in total. The number of hydrogen-bond acceptors (Lipinski definition) is 5. The Balaban J connectivity index is 2.07. The van der Waals surface area contributed by atoms with Crippen LogP contribution in [0, 0.1) is 5.92 Å². The summed E-state index contributed by atoms with van der Waals surface area (Å²) < 4.78 is 16.6. The van der Waals surface area contributed by atoms with Gasteiger partial charge in [-0.2, -0.15) is 11.8 Å². The normalized spacial score (nSPS) is 30.5. The molecule has 2 aliphatic heterocycles. The summed E-state index contributed by atoms with van der Waals surface area (Å²) in [5.41, 5.74) is -0.991. The molecule has 5 heteroatoms. The predicted octanol–water partition coefficient (Wildman–Crippen LogP) is 2.05. The summed E-state index contributed by atoms with van der Waals surface area (Å²) in [5.74, 6) is 2.48. The molecular formula is C14H26O4S. The monoisotopic (exact) mass is 290 g/mol. The van der Waals surface area contributed by atoms with Crippen molar-refractivity contribution in [3.05, 3.63) is 0 Å². The fourth-order valence-electron chi connectivity index (χ4n) is 3.38. The van der Waals surface area contributed by atoms with Crippen molar-refractivity contribution in [3.63, 3.8) is 0 Å². The number of methoxy groups -OCH3 is 2. The third kappa shape index (κ3) is 3.27. The first kappa shape index (κ1) is 15.6. The molecule has 0 amide bonds. The second-order valence-electron chi connectivity index (χ2n) is 5.86. The number of aliphatic hydroxyl groups is 1. The zero-order valence-corrected chi connectivity index (χ0v) is 13.0. The van der Waals surface area contributed by atoms with Gasteiger partial charge in [-0.3, -0.25) is 0 Å². The van der Waals surface area contributed by atoms with Crippen molar-refractivity contribution in [2.75, 3.05) is 32.3 Å². The Morgan fingerprint density at radius 1 is 1.32 bits per heavy atom. The average molecular weight is 290 g/mol. The van der Waals surface area contributed by atoms with E-state index in [0.717, 1.165) is 43.8 Å². The zero-order chi connectivity index (χ0) is 13.9. The van der Waals surface area contributed by atoms with E-state index in [4.69, 9.17) is 14.2 Å². The molecule has 2 unspecified atom stereocenters. The summed E-state index contributed by atoms with van der Waals surface area (Å²) in [7, 11) is 3.16. The van der Waals surface area contributed by atoms with E-state index in [1.165, 1.54) is 0 Å². The molecule has 1 spiro atoms. The van der Waals surface area contributed by atoms with Gasteiger partial charge in [-0.05, 0) is 50.0 Å². The van der Waals surface area contributed by atoms with Gasteiger partial charge in [0.05, 0.1) is 5.60 Å². The van der Waals surface area contributed by atoms with E-state index in [9.17, 15) is 5.11 Å². The molecule has 2 saturated heterocycles. The Hall–Kier alpha value is 0.190. The topological polar surface area (TPSA) is 47.9 Å². The molecule has 2 rings (SSSR count). The highest BCUT2D eigenvalue weighted by atomic mass is 32.2. The van der Waals surface area contributed by atoms with Crippen LogP contribution in [-0.4, -0.2) is 54.9 Å². The molecule has 0 aromatic heterocycles. The smallest absolute Gasteiger partial charge is 0.185 e. The predicted molar refractivity (Wildman–Crippen MR) is 76.4 cm³/mol. The van der Waals surface area contributed by atoms with Crippen LogP contribution in [0.4, 0.5) is 0 Å². The molecule has 1 N–H and O–H groups in total. The van der Waals surface area contributed by atoms with E-state index in [2.05, 4.69) is 0 Å². The van der Waals surface area contributed by atoms with Gasteiger partial charge in [0.1, 0.15) is 5.60 Å². The molecule has 2 atom stereocenters. The van der Waals surface area contributed by atoms with Gasteiger partial charge in [0.25, 0.3) is 0 Å². The molecule has 112 valence electrons. The van der Waals surface area contributed by atoms with E-state index >= 15 is 0 Å². The Kier molecular flexibility index (Phi) is 5.17. The molecule has 2 heterocycles. The Morgan fingerprint density at radius 2 is 1.95 bits per heavy atom. The molecule has 0 bridgehead atoms. The summed E-state index contributed by atoms with van der Waals surface area (Å²) in [6.45, 7) is 2.55. The largest absolute Gasteiger partial charge is 0.385 e. The summed E-state index contributed by atoms with van der Waals surface area (Å²) in [5, 5.41) is 10.8. The third-order valence-electron chi connectivity index (χ3n) is 4.63. The minimum atomic E-state index is -0.967. The molecule has 0 radical (unpaired) electrons. The first-order valence-corrected chi connectivity index (χ1v) is 8.19. The average Bonchev–Trinajstić information content (AvgIpc) is 2.41. The van der Waals surface area contributed by atoms with Crippen molar-refractivity contribution in [2.24, 2.45) is 5.92 Å². The Morgan fingerprint density at radius 3 is 2.53 bits per heavy atom. The maximum Gasteiger partial charge on any atom is 0.185 e.